The van der Waals surface area contributed by atoms with Gasteiger partial charge in [-0.15, -0.1) is 0 Å². The first-order valence-corrected chi connectivity index (χ1v) is 6.81. The van der Waals surface area contributed by atoms with Crippen molar-refractivity contribution in [3.63, 3.8) is 0 Å². The van der Waals surface area contributed by atoms with E-state index in [2.05, 4.69) is 0 Å². The van der Waals surface area contributed by atoms with Gasteiger partial charge >= 0.3 is 0 Å². The Bertz CT molecular complexity index is 442. The van der Waals surface area contributed by atoms with E-state index in [1.807, 2.05) is 0 Å². The Hall–Kier alpha value is -1.14. The molecule has 0 fully saturated rings. The van der Waals surface area contributed by atoms with E-state index in [-0.39, 0.29) is 11.6 Å². The zero-order valence-corrected chi connectivity index (χ0v) is 10.7. The zero-order valence-electron chi connectivity index (χ0n) is 9.89. The van der Waals surface area contributed by atoms with E-state index in [1.165, 1.54) is 42.7 Å². The number of nitrogens with zero attached hydrogens (tertiary/aromatic N) is 1. The molecule has 0 saturated heterocycles. The Balaban J connectivity index is 2.32. The van der Waals surface area contributed by atoms with Crippen molar-refractivity contribution in [2.45, 2.75) is 6.42 Å². The Kier molecular flexibility index (Phi) is 4.89. The molecule has 0 bridgehead atoms. The molecule has 0 atom stereocenters. The van der Waals surface area contributed by atoms with Gasteiger partial charge in [0.15, 0.2) is 0 Å². The van der Waals surface area contributed by atoms with Crippen LogP contribution in [0.4, 0.5) is 4.39 Å². The number of benzene rings is 1. The molecule has 0 amide bonds. The number of ether oxygens (including phenoxy) is 1. The van der Waals surface area contributed by atoms with Gasteiger partial charge in [0, 0.05) is 14.1 Å². The van der Waals surface area contributed by atoms with Gasteiger partial charge in [0.1, 0.15) is 11.6 Å². The van der Waals surface area contributed by atoms with Crippen LogP contribution in [0.25, 0.3) is 0 Å². The molecule has 0 spiro atoms. The highest BCUT2D eigenvalue weighted by Gasteiger charge is 2.12. The Morgan fingerprint density at radius 3 is 2.35 bits per heavy atom. The molecular formula is C11H16FNO3S. The summed E-state index contributed by atoms with van der Waals surface area (Å²) < 4.78 is 41.9. The van der Waals surface area contributed by atoms with E-state index in [0.29, 0.717) is 18.8 Å². The van der Waals surface area contributed by atoms with Gasteiger partial charge in [-0.1, -0.05) is 0 Å². The topological polar surface area (TPSA) is 46.6 Å². The number of hydrogen-bond donors (Lipinski definition) is 0. The number of sulfonamides is 1. The van der Waals surface area contributed by atoms with Crippen molar-refractivity contribution < 1.29 is 17.5 Å². The second-order valence-corrected chi connectivity index (χ2v) is 6.06. The molecule has 0 aromatic heterocycles. The molecule has 1 aromatic rings. The van der Waals surface area contributed by atoms with Crippen LogP contribution in [-0.2, 0) is 10.0 Å². The van der Waals surface area contributed by atoms with Gasteiger partial charge in [-0.25, -0.2) is 17.1 Å². The van der Waals surface area contributed by atoms with Crippen LogP contribution in [0.5, 0.6) is 5.75 Å². The lowest BCUT2D eigenvalue weighted by molar-refractivity contribution is 0.316. The largest absolute Gasteiger partial charge is 0.494 e. The van der Waals surface area contributed by atoms with E-state index < -0.39 is 10.0 Å². The predicted molar refractivity (Wildman–Crippen MR) is 64.0 cm³/mol. The van der Waals surface area contributed by atoms with Crippen LogP contribution in [0.1, 0.15) is 6.42 Å². The second-order valence-electron chi connectivity index (χ2n) is 3.75. The summed E-state index contributed by atoms with van der Waals surface area (Å²) in [6, 6.07) is 5.61. The fourth-order valence-electron chi connectivity index (χ4n) is 1.14. The van der Waals surface area contributed by atoms with Gasteiger partial charge in [-0.05, 0) is 30.7 Å². The monoisotopic (exact) mass is 261 g/mol. The molecule has 4 nitrogen and oxygen atoms in total. The summed E-state index contributed by atoms with van der Waals surface area (Å²) in [4.78, 5) is 0. The van der Waals surface area contributed by atoms with Crippen LogP contribution in [0.2, 0.25) is 0 Å². The van der Waals surface area contributed by atoms with Gasteiger partial charge < -0.3 is 4.74 Å². The molecule has 17 heavy (non-hydrogen) atoms. The third-order valence-corrected chi connectivity index (χ3v) is 4.10. The van der Waals surface area contributed by atoms with Crippen LogP contribution >= 0.6 is 0 Å². The molecule has 0 radical (unpaired) electrons. The van der Waals surface area contributed by atoms with Gasteiger partial charge in [-0.3, -0.25) is 0 Å². The van der Waals surface area contributed by atoms with Crippen molar-refractivity contribution in [1.82, 2.24) is 4.31 Å². The lowest BCUT2D eigenvalue weighted by Gasteiger charge is -2.11. The molecule has 96 valence electrons. The molecule has 0 aliphatic carbocycles. The average Bonchev–Trinajstić information content (AvgIpc) is 2.26. The van der Waals surface area contributed by atoms with Gasteiger partial charge in [0.2, 0.25) is 10.0 Å². The van der Waals surface area contributed by atoms with Gasteiger partial charge in [0.05, 0.1) is 12.4 Å². The molecule has 1 rings (SSSR count). The molecule has 6 heteroatoms. The summed E-state index contributed by atoms with van der Waals surface area (Å²) >= 11 is 0. The van der Waals surface area contributed by atoms with Gasteiger partial charge in [-0.2, -0.15) is 0 Å². The number of rotatable bonds is 6. The maximum Gasteiger partial charge on any atom is 0.213 e. The number of halogens is 1. The Morgan fingerprint density at radius 1 is 1.24 bits per heavy atom. The van der Waals surface area contributed by atoms with E-state index in [9.17, 15) is 12.8 Å². The fraction of sp³-hybridized carbons (Fsp3) is 0.455. The molecule has 0 heterocycles. The third-order valence-electron chi connectivity index (χ3n) is 2.19. The summed E-state index contributed by atoms with van der Waals surface area (Å²) in [5.74, 6) is 0.252. The lowest BCUT2D eigenvalue weighted by atomic mass is 10.3. The average molecular weight is 261 g/mol. The second kappa shape index (κ2) is 5.97. The summed E-state index contributed by atoms with van der Waals surface area (Å²) in [6.07, 6.45) is 0.401. The van der Waals surface area contributed by atoms with Crippen molar-refractivity contribution >= 4 is 10.0 Å². The van der Waals surface area contributed by atoms with Crippen LogP contribution in [0.3, 0.4) is 0 Å². The quantitative estimate of drug-likeness (QED) is 0.729. The van der Waals surface area contributed by atoms with Crippen LogP contribution in [0.15, 0.2) is 24.3 Å². The molecule has 0 aliphatic heterocycles. The Morgan fingerprint density at radius 2 is 1.82 bits per heavy atom. The normalized spacial score (nSPS) is 11.8. The minimum absolute atomic E-state index is 0.0429. The van der Waals surface area contributed by atoms with Crippen molar-refractivity contribution in [1.29, 1.82) is 0 Å². The summed E-state index contributed by atoms with van der Waals surface area (Å²) in [5, 5.41) is 0. The van der Waals surface area contributed by atoms with E-state index >= 15 is 0 Å². The lowest BCUT2D eigenvalue weighted by Crippen LogP contribution is -2.25. The highest BCUT2D eigenvalue weighted by molar-refractivity contribution is 7.89. The molecule has 0 unspecified atom stereocenters. The van der Waals surface area contributed by atoms with Crippen LogP contribution in [0, 0.1) is 5.82 Å². The minimum atomic E-state index is -3.17. The maximum atomic E-state index is 12.6. The maximum absolute atomic E-state index is 12.6. The first-order valence-electron chi connectivity index (χ1n) is 5.20. The third kappa shape index (κ3) is 4.70. The highest BCUT2D eigenvalue weighted by Crippen LogP contribution is 2.11. The van der Waals surface area contributed by atoms with E-state index in [0.717, 1.165) is 0 Å². The summed E-state index contributed by atoms with van der Waals surface area (Å²) in [6.45, 7) is 0.290. The minimum Gasteiger partial charge on any atom is -0.494 e. The smallest absolute Gasteiger partial charge is 0.213 e. The first kappa shape index (κ1) is 13.9. The standard InChI is InChI=1S/C11H16FNO3S/c1-13(2)17(14,15)9-3-8-16-11-6-4-10(12)5-7-11/h4-7H,3,8-9H2,1-2H3. The molecule has 0 saturated carbocycles. The van der Waals surface area contributed by atoms with Crippen LogP contribution in [-0.4, -0.2) is 39.2 Å². The van der Waals surface area contributed by atoms with Crippen molar-refractivity contribution in [2.24, 2.45) is 0 Å². The Labute approximate surface area is 101 Å². The number of hydrogen-bond acceptors (Lipinski definition) is 3. The van der Waals surface area contributed by atoms with Crippen molar-refractivity contribution in [2.75, 3.05) is 26.5 Å². The van der Waals surface area contributed by atoms with E-state index in [1.54, 1.807) is 0 Å². The first-order chi connectivity index (χ1) is 7.92. The molecule has 0 N–H and O–H groups in total. The molecule has 1 aromatic carbocycles. The summed E-state index contributed by atoms with van der Waals surface area (Å²) in [5.41, 5.74) is 0. The van der Waals surface area contributed by atoms with Crippen molar-refractivity contribution in [3.05, 3.63) is 30.1 Å². The van der Waals surface area contributed by atoms with E-state index in [4.69, 9.17) is 4.74 Å². The highest BCUT2D eigenvalue weighted by atomic mass is 32.2. The van der Waals surface area contributed by atoms with Crippen molar-refractivity contribution in [3.8, 4) is 5.75 Å². The molecule has 0 aliphatic rings. The van der Waals surface area contributed by atoms with Gasteiger partial charge in [0.25, 0.3) is 0 Å². The SMILES string of the molecule is CN(C)S(=O)(=O)CCCOc1ccc(F)cc1. The predicted octanol–water partition coefficient (Wildman–Crippen LogP) is 1.49. The molecular weight excluding hydrogens is 245 g/mol. The zero-order chi connectivity index (χ0) is 12.9. The van der Waals surface area contributed by atoms with Crippen LogP contribution < -0.4 is 4.74 Å². The summed E-state index contributed by atoms with van der Waals surface area (Å²) in [7, 11) is -0.174. The fourth-order valence-corrected chi connectivity index (χ4v) is 1.99.